The lowest BCUT2D eigenvalue weighted by atomic mass is 10.1. The van der Waals surface area contributed by atoms with E-state index in [2.05, 4.69) is 25.8 Å². The van der Waals surface area contributed by atoms with Gasteiger partial charge in [0.15, 0.2) is 0 Å². The van der Waals surface area contributed by atoms with Crippen molar-refractivity contribution in [1.82, 2.24) is 25.2 Å². The first-order chi connectivity index (χ1) is 14.6. The van der Waals surface area contributed by atoms with Crippen molar-refractivity contribution in [2.45, 2.75) is 26.9 Å². The molecule has 0 aliphatic heterocycles. The molecule has 1 N–H and O–H groups in total. The Kier molecular flexibility index (Phi) is 5.80. The molecule has 1 amide bonds. The Morgan fingerprint density at radius 1 is 1.17 bits per heavy atom. The van der Waals surface area contributed by atoms with Crippen molar-refractivity contribution in [2.75, 3.05) is 5.32 Å². The van der Waals surface area contributed by atoms with E-state index in [0.717, 1.165) is 22.0 Å². The highest BCUT2D eigenvalue weighted by atomic mass is 32.1. The summed E-state index contributed by atoms with van der Waals surface area (Å²) in [6.07, 6.45) is 1.71. The number of tetrazole rings is 1. The summed E-state index contributed by atoms with van der Waals surface area (Å²) in [6, 6.07) is 13.5. The number of thiazole rings is 1. The summed E-state index contributed by atoms with van der Waals surface area (Å²) < 4.78 is 7.32. The minimum Gasteiger partial charge on any atom is -0.486 e. The van der Waals surface area contributed by atoms with E-state index in [-0.39, 0.29) is 12.3 Å². The van der Waals surface area contributed by atoms with Crippen LogP contribution in [-0.4, -0.2) is 31.1 Å². The van der Waals surface area contributed by atoms with Crippen LogP contribution in [0.15, 0.2) is 54.2 Å². The van der Waals surface area contributed by atoms with Crippen LogP contribution < -0.4 is 10.1 Å². The smallest absolute Gasteiger partial charge is 0.230 e. The number of aromatic nitrogens is 5. The minimum atomic E-state index is -0.136. The summed E-state index contributed by atoms with van der Waals surface area (Å²) in [7, 11) is 0. The van der Waals surface area contributed by atoms with Gasteiger partial charge in [0.1, 0.15) is 23.7 Å². The molecule has 0 bridgehead atoms. The Morgan fingerprint density at radius 2 is 2.00 bits per heavy atom. The van der Waals surface area contributed by atoms with Crippen LogP contribution in [0, 0.1) is 13.8 Å². The van der Waals surface area contributed by atoms with Crippen LogP contribution in [0.25, 0.3) is 5.69 Å². The van der Waals surface area contributed by atoms with E-state index in [4.69, 9.17) is 4.74 Å². The molecule has 0 saturated carbocycles. The molecule has 152 valence electrons. The first-order valence-corrected chi connectivity index (χ1v) is 10.2. The third kappa shape index (κ3) is 4.69. The monoisotopic (exact) mass is 420 g/mol. The van der Waals surface area contributed by atoms with Crippen LogP contribution in [0.2, 0.25) is 0 Å². The SMILES string of the molecule is Cc1ccc(OCc2nc(CC(=O)Nc3cccc(-n4cnnn4)c3C)cs2)cc1. The standard InChI is InChI=1S/C21H20N6O2S/c1-14-6-8-17(9-7-14)29-11-21-23-16(12-30-21)10-20(28)24-18-4-3-5-19(15(18)2)27-13-22-25-26-27/h3-9,12-13H,10-11H2,1-2H3,(H,24,28). The Hall–Kier alpha value is -3.59. The zero-order valence-corrected chi connectivity index (χ0v) is 17.4. The Labute approximate surface area is 177 Å². The molecule has 0 radical (unpaired) electrons. The number of amides is 1. The van der Waals surface area contributed by atoms with Gasteiger partial charge < -0.3 is 10.1 Å². The van der Waals surface area contributed by atoms with Crippen LogP contribution in [0.4, 0.5) is 5.69 Å². The van der Waals surface area contributed by atoms with Gasteiger partial charge in [0, 0.05) is 11.1 Å². The second kappa shape index (κ2) is 8.83. The molecule has 0 unspecified atom stereocenters. The average Bonchev–Trinajstić information content (AvgIpc) is 3.41. The van der Waals surface area contributed by atoms with E-state index in [1.54, 1.807) is 4.68 Å². The van der Waals surface area contributed by atoms with Gasteiger partial charge in [-0.2, -0.15) is 0 Å². The highest BCUT2D eigenvalue weighted by molar-refractivity contribution is 7.09. The number of anilines is 1. The summed E-state index contributed by atoms with van der Waals surface area (Å²) in [5.41, 5.74) is 4.30. The lowest BCUT2D eigenvalue weighted by Crippen LogP contribution is -2.16. The number of nitrogens with zero attached hydrogens (tertiary/aromatic N) is 5. The number of benzene rings is 2. The lowest BCUT2D eigenvalue weighted by molar-refractivity contribution is -0.115. The van der Waals surface area contributed by atoms with Gasteiger partial charge in [-0.05, 0) is 54.1 Å². The summed E-state index contributed by atoms with van der Waals surface area (Å²) in [6.45, 7) is 4.32. The molecule has 0 saturated heterocycles. The number of carbonyl (C=O) groups excluding carboxylic acids is 1. The van der Waals surface area contributed by atoms with Crippen LogP contribution in [0.5, 0.6) is 5.75 Å². The van der Waals surface area contributed by atoms with Crippen molar-refractivity contribution >= 4 is 22.9 Å². The van der Waals surface area contributed by atoms with Crippen molar-refractivity contribution in [3.8, 4) is 11.4 Å². The number of carbonyl (C=O) groups is 1. The van der Waals surface area contributed by atoms with Crippen molar-refractivity contribution in [2.24, 2.45) is 0 Å². The first kappa shape index (κ1) is 19.7. The van der Waals surface area contributed by atoms with Crippen LogP contribution >= 0.6 is 11.3 Å². The molecule has 30 heavy (non-hydrogen) atoms. The van der Waals surface area contributed by atoms with Gasteiger partial charge in [-0.3, -0.25) is 4.79 Å². The van der Waals surface area contributed by atoms with Gasteiger partial charge in [0.2, 0.25) is 5.91 Å². The number of hydrogen-bond acceptors (Lipinski definition) is 7. The molecule has 4 rings (SSSR count). The van der Waals surface area contributed by atoms with E-state index in [0.29, 0.717) is 18.0 Å². The van der Waals surface area contributed by atoms with Gasteiger partial charge in [0.25, 0.3) is 0 Å². The van der Waals surface area contributed by atoms with Crippen molar-refractivity contribution in [3.05, 3.63) is 76.0 Å². The number of ether oxygens (including phenoxy) is 1. The molecule has 0 fully saturated rings. The van der Waals surface area contributed by atoms with Crippen molar-refractivity contribution in [1.29, 1.82) is 0 Å². The quantitative estimate of drug-likeness (QED) is 0.492. The number of hydrogen-bond donors (Lipinski definition) is 1. The van der Waals surface area contributed by atoms with E-state index >= 15 is 0 Å². The Balaban J connectivity index is 1.36. The molecule has 0 aliphatic carbocycles. The predicted molar refractivity (Wildman–Crippen MR) is 114 cm³/mol. The molecule has 2 aromatic carbocycles. The summed E-state index contributed by atoms with van der Waals surface area (Å²) in [5, 5.41) is 16.9. The number of aryl methyl sites for hydroxylation is 1. The van der Waals surface area contributed by atoms with E-state index < -0.39 is 0 Å². The first-order valence-electron chi connectivity index (χ1n) is 9.34. The topological polar surface area (TPSA) is 94.8 Å². The number of nitrogens with one attached hydrogen (secondary N) is 1. The highest BCUT2D eigenvalue weighted by Gasteiger charge is 2.12. The third-order valence-corrected chi connectivity index (χ3v) is 5.37. The molecule has 4 aromatic rings. The highest BCUT2D eigenvalue weighted by Crippen LogP contribution is 2.22. The molecule has 9 heteroatoms. The fraction of sp³-hybridized carbons (Fsp3) is 0.190. The third-order valence-electron chi connectivity index (χ3n) is 4.50. The molecule has 0 atom stereocenters. The largest absolute Gasteiger partial charge is 0.486 e. The Bertz CT molecular complexity index is 1140. The van der Waals surface area contributed by atoms with Crippen molar-refractivity contribution < 1.29 is 9.53 Å². The molecule has 2 aromatic heterocycles. The van der Waals surface area contributed by atoms with E-state index in [1.807, 2.05) is 61.7 Å². The zero-order valence-electron chi connectivity index (χ0n) is 16.6. The number of rotatable bonds is 7. The average molecular weight is 420 g/mol. The molecular weight excluding hydrogens is 400 g/mol. The minimum absolute atomic E-state index is 0.136. The summed E-state index contributed by atoms with van der Waals surface area (Å²) >= 11 is 1.48. The van der Waals surface area contributed by atoms with E-state index in [9.17, 15) is 4.79 Å². The molecule has 0 spiro atoms. The van der Waals surface area contributed by atoms with Crippen molar-refractivity contribution in [3.63, 3.8) is 0 Å². The second-order valence-electron chi connectivity index (χ2n) is 6.76. The molecule has 0 aliphatic rings. The fourth-order valence-electron chi connectivity index (χ4n) is 2.91. The molecule has 8 nitrogen and oxygen atoms in total. The second-order valence-corrected chi connectivity index (χ2v) is 7.71. The fourth-order valence-corrected chi connectivity index (χ4v) is 3.62. The van der Waals surface area contributed by atoms with Gasteiger partial charge in [-0.25, -0.2) is 9.67 Å². The van der Waals surface area contributed by atoms with Crippen LogP contribution in [0.1, 0.15) is 21.8 Å². The molecular formula is C21H20N6O2S. The van der Waals surface area contributed by atoms with Crippen LogP contribution in [-0.2, 0) is 17.8 Å². The Morgan fingerprint density at radius 3 is 2.77 bits per heavy atom. The maximum absolute atomic E-state index is 12.5. The maximum atomic E-state index is 12.5. The zero-order chi connectivity index (χ0) is 20.9. The van der Waals surface area contributed by atoms with Gasteiger partial charge in [-0.15, -0.1) is 16.4 Å². The summed E-state index contributed by atoms with van der Waals surface area (Å²) in [5.74, 6) is 0.663. The maximum Gasteiger partial charge on any atom is 0.230 e. The predicted octanol–water partition coefficient (Wildman–Crippen LogP) is 3.50. The lowest BCUT2D eigenvalue weighted by Gasteiger charge is -2.11. The van der Waals surface area contributed by atoms with Gasteiger partial charge in [0.05, 0.1) is 17.8 Å². The van der Waals surface area contributed by atoms with E-state index in [1.165, 1.54) is 23.2 Å². The van der Waals surface area contributed by atoms with Crippen LogP contribution in [0.3, 0.4) is 0 Å². The summed E-state index contributed by atoms with van der Waals surface area (Å²) in [4.78, 5) is 17.0. The molecule has 2 heterocycles. The normalized spacial score (nSPS) is 10.7. The van der Waals surface area contributed by atoms with Gasteiger partial charge in [-0.1, -0.05) is 23.8 Å². The van der Waals surface area contributed by atoms with Gasteiger partial charge >= 0.3 is 0 Å².